The molecule has 0 fully saturated rings. The minimum absolute atomic E-state index is 0.209. The van der Waals surface area contributed by atoms with Crippen LogP contribution in [-0.4, -0.2) is 28.3 Å². The van der Waals surface area contributed by atoms with Crippen molar-refractivity contribution in [3.8, 4) is 10.7 Å². The van der Waals surface area contributed by atoms with Crippen molar-refractivity contribution in [1.29, 1.82) is 0 Å². The average molecular weight is 336 g/mol. The Bertz CT molecular complexity index is 733. The second kappa shape index (κ2) is 6.55. The Kier molecular flexibility index (Phi) is 4.52. The molecular formula is C14H12N2O2S3. The number of hydrogen-bond donors (Lipinski definition) is 0. The standard InChI is InChI=1S/C14H12N2O2S3/c1-2-18-12(17)8-20-14-16-10(7-19-14)13-15-9-5-3-4-6-11(9)21-13/h3-7H,2,8H2,1H3. The van der Waals surface area contributed by atoms with E-state index in [-0.39, 0.29) is 5.97 Å². The summed E-state index contributed by atoms with van der Waals surface area (Å²) in [5, 5.41) is 2.89. The first-order valence-electron chi connectivity index (χ1n) is 6.36. The number of carbonyl (C=O) groups is 1. The quantitative estimate of drug-likeness (QED) is 0.519. The van der Waals surface area contributed by atoms with E-state index in [0.29, 0.717) is 12.4 Å². The van der Waals surface area contributed by atoms with Crippen molar-refractivity contribution in [2.45, 2.75) is 11.3 Å². The number of aromatic nitrogens is 2. The van der Waals surface area contributed by atoms with Gasteiger partial charge in [0.05, 0.1) is 22.6 Å². The fraction of sp³-hybridized carbons (Fsp3) is 0.214. The van der Waals surface area contributed by atoms with Crippen LogP contribution in [0.3, 0.4) is 0 Å². The predicted molar refractivity (Wildman–Crippen MR) is 88.1 cm³/mol. The minimum Gasteiger partial charge on any atom is -0.465 e. The molecule has 1 aromatic carbocycles. The molecule has 108 valence electrons. The zero-order chi connectivity index (χ0) is 14.7. The SMILES string of the molecule is CCOC(=O)CSc1nc(-c2nc3ccccc3s2)cs1. The molecule has 3 aromatic rings. The Morgan fingerprint density at radius 3 is 3.00 bits per heavy atom. The van der Waals surface area contributed by atoms with Gasteiger partial charge in [0.25, 0.3) is 0 Å². The van der Waals surface area contributed by atoms with E-state index in [1.165, 1.54) is 23.1 Å². The Hall–Kier alpha value is -1.44. The van der Waals surface area contributed by atoms with E-state index in [9.17, 15) is 4.79 Å². The van der Waals surface area contributed by atoms with Crippen LogP contribution in [0.5, 0.6) is 0 Å². The maximum atomic E-state index is 11.3. The molecule has 0 radical (unpaired) electrons. The number of para-hydroxylation sites is 1. The molecule has 0 saturated heterocycles. The zero-order valence-corrected chi connectivity index (χ0v) is 13.7. The summed E-state index contributed by atoms with van der Waals surface area (Å²) in [4.78, 5) is 20.4. The van der Waals surface area contributed by atoms with E-state index in [2.05, 4.69) is 16.0 Å². The number of rotatable bonds is 5. The van der Waals surface area contributed by atoms with Gasteiger partial charge in [0.15, 0.2) is 4.34 Å². The summed E-state index contributed by atoms with van der Waals surface area (Å²) in [6.07, 6.45) is 0. The van der Waals surface area contributed by atoms with Crippen molar-refractivity contribution < 1.29 is 9.53 Å². The normalized spacial score (nSPS) is 10.9. The van der Waals surface area contributed by atoms with E-state index >= 15 is 0 Å². The molecule has 0 aliphatic heterocycles. The first-order valence-corrected chi connectivity index (χ1v) is 9.04. The van der Waals surface area contributed by atoms with E-state index in [1.54, 1.807) is 18.3 Å². The molecule has 4 nitrogen and oxygen atoms in total. The monoisotopic (exact) mass is 336 g/mol. The van der Waals surface area contributed by atoms with Gasteiger partial charge in [-0.1, -0.05) is 23.9 Å². The number of thiazole rings is 2. The van der Waals surface area contributed by atoms with Crippen molar-refractivity contribution in [3.63, 3.8) is 0 Å². The molecule has 0 saturated carbocycles. The maximum absolute atomic E-state index is 11.3. The smallest absolute Gasteiger partial charge is 0.316 e. The van der Waals surface area contributed by atoms with Crippen molar-refractivity contribution in [3.05, 3.63) is 29.6 Å². The van der Waals surface area contributed by atoms with Crippen molar-refractivity contribution in [2.75, 3.05) is 12.4 Å². The Labute approximate surface area is 134 Å². The third-order valence-corrected chi connectivity index (χ3v) is 5.67. The molecule has 0 atom stereocenters. The van der Waals surface area contributed by atoms with Gasteiger partial charge in [-0.2, -0.15) is 0 Å². The molecular weight excluding hydrogens is 324 g/mol. The van der Waals surface area contributed by atoms with E-state index in [0.717, 1.165) is 25.3 Å². The first-order chi connectivity index (χ1) is 10.3. The maximum Gasteiger partial charge on any atom is 0.316 e. The molecule has 7 heteroatoms. The fourth-order valence-corrected chi connectivity index (χ4v) is 4.34. The average Bonchev–Trinajstić information content (AvgIpc) is 3.11. The summed E-state index contributed by atoms with van der Waals surface area (Å²) < 4.78 is 6.91. The number of thioether (sulfide) groups is 1. The lowest BCUT2D eigenvalue weighted by atomic mass is 10.3. The van der Waals surface area contributed by atoms with Crippen LogP contribution in [0.4, 0.5) is 0 Å². The lowest BCUT2D eigenvalue weighted by Gasteiger charge is -1.98. The number of ether oxygens (including phenoxy) is 1. The number of carbonyl (C=O) groups excluding carboxylic acids is 1. The third-order valence-electron chi connectivity index (χ3n) is 2.61. The highest BCUT2D eigenvalue weighted by atomic mass is 32.2. The molecule has 0 aliphatic rings. The molecule has 2 heterocycles. The highest BCUT2D eigenvalue weighted by Crippen LogP contribution is 2.33. The summed E-state index contributed by atoms with van der Waals surface area (Å²) in [7, 11) is 0. The molecule has 2 aromatic heterocycles. The Morgan fingerprint density at radius 2 is 2.19 bits per heavy atom. The zero-order valence-electron chi connectivity index (χ0n) is 11.2. The van der Waals surface area contributed by atoms with Crippen molar-refractivity contribution in [2.24, 2.45) is 0 Å². The first kappa shape index (κ1) is 14.5. The van der Waals surface area contributed by atoms with Crippen LogP contribution in [0.2, 0.25) is 0 Å². The van der Waals surface area contributed by atoms with Gasteiger partial charge < -0.3 is 4.74 Å². The molecule has 0 amide bonds. The van der Waals surface area contributed by atoms with Crippen molar-refractivity contribution in [1.82, 2.24) is 9.97 Å². The predicted octanol–water partition coefficient (Wildman–Crippen LogP) is 4.08. The summed E-state index contributed by atoms with van der Waals surface area (Å²) >= 11 is 4.55. The molecule has 21 heavy (non-hydrogen) atoms. The van der Waals surface area contributed by atoms with Crippen molar-refractivity contribution >= 4 is 50.6 Å². The molecule has 3 rings (SSSR count). The summed E-state index contributed by atoms with van der Waals surface area (Å²) in [5.41, 5.74) is 1.86. The van der Waals surface area contributed by atoms with E-state index in [1.807, 2.05) is 23.6 Å². The highest BCUT2D eigenvalue weighted by Gasteiger charge is 2.11. The largest absolute Gasteiger partial charge is 0.465 e. The van der Waals surface area contributed by atoms with Crippen LogP contribution in [0.25, 0.3) is 20.9 Å². The molecule has 0 bridgehead atoms. The van der Waals surface area contributed by atoms with Gasteiger partial charge in [-0.25, -0.2) is 9.97 Å². The van der Waals surface area contributed by atoms with Crippen LogP contribution in [0, 0.1) is 0 Å². The van der Waals surface area contributed by atoms with E-state index in [4.69, 9.17) is 4.74 Å². The fourth-order valence-electron chi connectivity index (χ4n) is 1.73. The summed E-state index contributed by atoms with van der Waals surface area (Å²) in [5.74, 6) is 0.0833. The lowest BCUT2D eigenvalue weighted by molar-refractivity contribution is -0.139. The summed E-state index contributed by atoms with van der Waals surface area (Å²) in [6, 6.07) is 8.04. The van der Waals surface area contributed by atoms with Gasteiger partial charge >= 0.3 is 5.97 Å². The second-order valence-electron chi connectivity index (χ2n) is 4.08. The number of esters is 1. The van der Waals surface area contributed by atoms with Crippen LogP contribution in [0.15, 0.2) is 34.0 Å². The van der Waals surface area contributed by atoms with Gasteiger partial charge in [-0.3, -0.25) is 4.79 Å². The molecule has 0 unspecified atom stereocenters. The van der Waals surface area contributed by atoms with Gasteiger partial charge in [-0.05, 0) is 19.1 Å². The number of nitrogens with zero attached hydrogens (tertiary/aromatic N) is 2. The second-order valence-corrected chi connectivity index (χ2v) is 7.19. The van der Waals surface area contributed by atoms with Gasteiger partial charge in [0.1, 0.15) is 10.7 Å². The lowest BCUT2D eigenvalue weighted by Crippen LogP contribution is -2.06. The number of hydrogen-bond acceptors (Lipinski definition) is 7. The van der Waals surface area contributed by atoms with Gasteiger partial charge in [-0.15, -0.1) is 22.7 Å². The van der Waals surface area contributed by atoms with Crippen LogP contribution in [-0.2, 0) is 9.53 Å². The molecule has 0 N–H and O–H groups in total. The molecule has 0 spiro atoms. The highest BCUT2D eigenvalue weighted by molar-refractivity contribution is 8.01. The van der Waals surface area contributed by atoms with Crippen LogP contribution >= 0.6 is 34.4 Å². The van der Waals surface area contributed by atoms with Crippen LogP contribution in [0.1, 0.15) is 6.92 Å². The number of fused-ring (bicyclic) bond motifs is 1. The molecule has 0 aliphatic carbocycles. The van der Waals surface area contributed by atoms with E-state index < -0.39 is 0 Å². The number of benzene rings is 1. The van der Waals surface area contributed by atoms with Gasteiger partial charge in [0.2, 0.25) is 0 Å². The third kappa shape index (κ3) is 3.42. The summed E-state index contributed by atoms with van der Waals surface area (Å²) in [6.45, 7) is 2.21. The minimum atomic E-state index is -0.209. The van der Waals surface area contributed by atoms with Crippen LogP contribution < -0.4 is 0 Å². The Morgan fingerprint density at radius 1 is 1.33 bits per heavy atom. The van der Waals surface area contributed by atoms with Gasteiger partial charge in [0, 0.05) is 5.38 Å². The topological polar surface area (TPSA) is 52.1 Å². The Balaban J connectivity index is 1.73.